The fraction of sp³-hybridized carbons (Fsp3) is 0.188. The van der Waals surface area contributed by atoms with Gasteiger partial charge < -0.3 is 11.1 Å². The summed E-state index contributed by atoms with van der Waals surface area (Å²) < 4.78 is 1.73. The van der Waals surface area contributed by atoms with Gasteiger partial charge in [-0.25, -0.2) is 0 Å². The normalized spacial score (nSPS) is 10.9. The van der Waals surface area contributed by atoms with Crippen molar-refractivity contribution < 1.29 is 0 Å². The quantitative estimate of drug-likeness (QED) is 0.445. The third-order valence-corrected chi connectivity index (χ3v) is 4.62. The van der Waals surface area contributed by atoms with Crippen LogP contribution in [0.3, 0.4) is 0 Å². The van der Waals surface area contributed by atoms with Gasteiger partial charge in [-0.2, -0.15) is 26.2 Å². The van der Waals surface area contributed by atoms with Gasteiger partial charge in [0.25, 0.3) is 0 Å². The zero-order chi connectivity index (χ0) is 17.9. The average molecular weight is 365 g/mol. The Balaban J connectivity index is 1.43. The minimum absolute atomic E-state index is 0.246. The second-order valence-corrected chi connectivity index (χ2v) is 6.41. The van der Waals surface area contributed by atoms with E-state index in [0.29, 0.717) is 24.2 Å². The maximum atomic E-state index is 9.08. The minimum Gasteiger partial charge on any atom is -0.381 e. The van der Waals surface area contributed by atoms with Crippen LogP contribution in [0.15, 0.2) is 29.0 Å². The number of nitrogen functional groups attached to an aromatic ring is 1. The fourth-order valence-corrected chi connectivity index (χ4v) is 3.27. The van der Waals surface area contributed by atoms with E-state index < -0.39 is 0 Å². The van der Waals surface area contributed by atoms with Crippen LogP contribution in [0, 0.1) is 11.3 Å². The number of aromatic amines is 1. The lowest BCUT2D eigenvalue weighted by Crippen LogP contribution is -2.07. The highest BCUT2D eigenvalue weighted by Gasteiger charge is 2.11. The van der Waals surface area contributed by atoms with E-state index in [1.165, 1.54) is 0 Å². The number of fused-ring (bicyclic) bond motifs is 1. The highest BCUT2D eigenvalue weighted by molar-refractivity contribution is 7.08. The molecule has 0 unspecified atom stereocenters. The van der Waals surface area contributed by atoms with Crippen molar-refractivity contribution in [2.24, 2.45) is 0 Å². The van der Waals surface area contributed by atoms with E-state index in [2.05, 4.69) is 36.9 Å². The molecule has 130 valence electrons. The van der Waals surface area contributed by atoms with Crippen molar-refractivity contribution in [2.75, 3.05) is 17.6 Å². The van der Waals surface area contributed by atoms with Crippen LogP contribution in [0.2, 0.25) is 0 Å². The number of hydrogen-bond acceptors (Lipinski definition) is 8. The van der Waals surface area contributed by atoms with Crippen molar-refractivity contribution in [3.05, 3.63) is 40.2 Å². The molecule has 0 aliphatic carbocycles. The van der Waals surface area contributed by atoms with Crippen LogP contribution in [0.1, 0.15) is 17.7 Å². The van der Waals surface area contributed by atoms with Gasteiger partial charge in [-0.15, -0.1) is 15.3 Å². The molecule has 9 nitrogen and oxygen atoms in total. The number of nitrogens with one attached hydrogen (secondary N) is 2. The maximum absolute atomic E-state index is 9.08. The number of nitrogens with zero attached hydrogens (tertiary/aromatic N) is 6. The first-order chi connectivity index (χ1) is 12.8. The van der Waals surface area contributed by atoms with E-state index in [-0.39, 0.29) is 5.82 Å². The molecule has 0 saturated carbocycles. The van der Waals surface area contributed by atoms with E-state index in [0.717, 1.165) is 29.3 Å². The van der Waals surface area contributed by atoms with Crippen LogP contribution in [-0.2, 0) is 6.42 Å². The van der Waals surface area contributed by atoms with Crippen LogP contribution in [0.25, 0.3) is 17.0 Å². The first-order valence-corrected chi connectivity index (χ1v) is 8.92. The van der Waals surface area contributed by atoms with Crippen molar-refractivity contribution in [1.82, 2.24) is 30.0 Å². The Morgan fingerprint density at radius 3 is 3.04 bits per heavy atom. The number of aromatic nitrogens is 6. The largest absolute Gasteiger partial charge is 0.381 e. The summed E-state index contributed by atoms with van der Waals surface area (Å²) in [6, 6.07) is 7.81. The van der Waals surface area contributed by atoms with Crippen LogP contribution in [-0.4, -0.2) is 36.6 Å². The number of aryl methyl sites for hydroxylation is 1. The minimum atomic E-state index is 0.246. The molecule has 4 heterocycles. The highest BCUT2D eigenvalue weighted by atomic mass is 32.1. The Morgan fingerprint density at radius 1 is 1.31 bits per heavy atom. The fourth-order valence-electron chi connectivity index (χ4n) is 2.64. The molecule has 0 aromatic carbocycles. The van der Waals surface area contributed by atoms with Gasteiger partial charge in [0.1, 0.15) is 17.5 Å². The summed E-state index contributed by atoms with van der Waals surface area (Å²) in [7, 11) is 0. The molecule has 10 heteroatoms. The molecular formula is C16H15N9S. The Bertz CT molecular complexity index is 1070. The first kappa shape index (κ1) is 16.0. The molecule has 0 atom stereocenters. The molecule has 0 radical (unpaired) electrons. The number of H-pyrrole nitrogens is 1. The van der Waals surface area contributed by atoms with E-state index in [4.69, 9.17) is 11.0 Å². The molecular weight excluding hydrogens is 350 g/mol. The number of nitrogens with two attached hydrogens (primary N) is 1. The Hall–Kier alpha value is -3.45. The molecule has 4 aromatic rings. The number of nitriles is 1. The zero-order valence-corrected chi connectivity index (χ0v) is 14.5. The molecule has 26 heavy (non-hydrogen) atoms. The summed E-state index contributed by atoms with van der Waals surface area (Å²) in [5.74, 6) is 1.70. The molecule has 0 fully saturated rings. The average Bonchev–Trinajstić information content (AvgIpc) is 3.38. The number of hydrogen-bond donors (Lipinski definition) is 3. The van der Waals surface area contributed by atoms with Gasteiger partial charge in [-0.3, -0.25) is 5.10 Å². The first-order valence-electron chi connectivity index (χ1n) is 7.98. The maximum Gasteiger partial charge on any atom is 0.186 e. The Labute approximate surface area is 152 Å². The smallest absolute Gasteiger partial charge is 0.186 e. The van der Waals surface area contributed by atoms with Crippen molar-refractivity contribution >= 4 is 28.6 Å². The molecule has 0 amide bonds. The van der Waals surface area contributed by atoms with E-state index in [1.54, 1.807) is 15.9 Å². The van der Waals surface area contributed by atoms with Gasteiger partial charge >= 0.3 is 0 Å². The Kier molecular flexibility index (Phi) is 4.20. The van der Waals surface area contributed by atoms with Crippen LogP contribution in [0.4, 0.5) is 11.6 Å². The van der Waals surface area contributed by atoms with Crippen molar-refractivity contribution in [1.29, 1.82) is 5.26 Å². The van der Waals surface area contributed by atoms with Crippen LogP contribution < -0.4 is 11.1 Å². The zero-order valence-electron chi connectivity index (χ0n) is 13.7. The molecule has 4 N–H and O–H groups in total. The molecule has 4 rings (SSSR count). The Morgan fingerprint density at radius 2 is 2.23 bits per heavy atom. The monoisotopic (exact) mass is 365 g/mol. The summed E-state index contributed by atoms with van der Waals surface area (Å²) in [5.41, 5.74) is 8.51. The lowest BCUT2D eigenvalue weighted by Gasteiger charge is -2.06. The van der Waals surface area contributed by atoms with Gasteiger partial charge in [0, 0.05) is 17.5 Å². The van der Waals surface area contributed by atoms with Crippen molar-refractivity contribution in [3.8, 4) is 17.5 Å². The van der Waals surface area contributed by atoms with E-state index in [1.807, 2.05) is 29.0 Å². The lowest BCUT2D eigenvalue weighted by atomic mass is 10.1. The second-order valence-electron chi connectivity index (χ2n) is 5.63. The standard InChI is InChI=1S/C16H15N9S/c17-8-11-12(20-22-15(11)18)2-1-6-19-13-3-4-14-21-23-16(25(14)24-13)10-5-7-26-9-10/h3-5,7,9H,1-2,6H2,(H,19,24)(H3,18,20,22). The lowest BCUT2D eigenvalue weighted by molar-refractivity contribution is 0.816. The molecule has 0 saturated heterocycles. The predicted molar refractivity (Wildman–Crippen MR) is 98.6 cm³/mol. The third kappa shape index (κ3) is 2.96. The molecule has 0 aliphatic rings. The molecule has 0 bridgehead atoms. The SMILES string of the molecule is N#Cc1c(N)n[nH]c1CCCNc1ccc2nnc(-c3ccsc3)n2n1. The van der Waals surface area contributed by atoms with Gasteiger partial charge in [0.15, 0.2) is 17.3 Å². The predicted octanol–water partition coefficient (Wildman–Crippen LogP) is 2.07. The topological polar surface area (TPSA) is 134 Å². The van der Waals surface area contributed by atoms with E-state index in [9.17, 15) is 0 Å². The summed E-state index contributed by atoms with van der Waals surface area (Å²) in [4.78, 5) is 0. The summed E-state index contributed by atoms with van der Waals surface area (Å²) in [5, 5.41) is 36.0. The van der Waals surface area contributed by atoms with Crippen LogP contribution >= 0.6 is 11.3 Å². The van der Waals surface area contributed by atoms with Gasteiger partial charge in [0.05, 0.1) is 5.69 Å². The van der Waals surface area contributed by atoms with E-state index >= 15 is 0 Å². The molecule has 0 spiro atoms. The van der Waals surface area contributed by atoms with Crippen LogP contribution in [0.5, 0.6) is 0 Å². The second kappa shape index (κ2) is 6.81. The molecule has 0 aliphatic heterocycles. The van der Waals surface area contributed by atoms with Crippen molar-refractivity contribution in [3.63, 3.8) is 0 Å². The van der Waals surface area contributed by atoms with Gasteiger partial charge in [0.2, 0.25) is 0 Å². The third-order valence-electron chi connectivity index (χ3n) is 3.93. The highest BCUT2D eigenvalue weighted by Crippen LogP contribution is 2.21. The summed E-state index contributed by atoms with van der Waals surface area (Å²) >= 11 is 1.61. The number of thiophene rings is 1. The summed E-state index contributed by atoms with van der Waals surface area (Å²) in [6.07, 6.45) is 1.48. The van der Waals surface area contributed by atoms with Gasteiger partial charge in [-0.05, 0) is 36.4 Å². The van der Waals surface area contributed by atoms with Crippen molar-refractivity contribution in [2.45, 2.75) is 12.8 Å². The van der Waals surface area contributed by atoms with Gasteiger partial charge in [-0.1, -0.05) is 0 Å². The summed E-state index contributed by atoms with van der Waals surface area (Å²) in [6.45, 7) is 0.693. The number of rotatable bonds is 6. The molecule has 4 aromatic heterocycles. The number of anilines is 2.